The standard InChI is InChI=1S/C18H19N5O2S2/c1-23-16(11-6-8-12(24)9-7-11)21-22-18(23)26-10-15(25)20-17-19-13-4-2-3-5-14(13)27-17/h6-9,24H,2-5,10H2,1H3,(H,19,20,25). The molecule has 1 aliphatic rings. The molecule has 0 unspecified atom stereocenters. The fourth-order valence-corrected chi connectivity index (χ4v) is 4.77. The molecule has 0 radical (unpaired) electrons. The van der Waals surface area contributed by atoms with Gasteiger partial charge in [0.2, 0.25) is 5.91 Å². The highest BCUT2D eigenvalue weighted by Gasteiger charge is 2.17. The van der Waals surface area contributed by atoms with Crippen LogP contribution >= 0.6 is 23.1 Å². The molecule has 0 fully saturated rings. The average Bonchev–Trinajstić information content (AvgIpc) is 3.23. The molecule has 0 aliphatic heterocycles. The fourth-order valence-electron chi connectivity index (χ4n) is 2.99. The number of fused-ring (bicyclic) bond motifs is 1. The van der Waals surface area contributed by atoms with Crippen LogP contribution in [0.4, 0.5) is 5.13 Å². The number of aryl methyl sites for hydroxylation is 2. The minimum atomic E-state index is -0.0970. The summed E-state index contributed by atoms with van der Waals surface area (Å²) >= 11 is 2.92. The monoisotopic (exact) mass is 401 g/mol. The predicted molar refractivity (Wildman–Crippen MR) is 106 cm³/mol. The maximum Gasteiger partial charge on any atom is 0.236 e. The first-order valence-electron chi connectivity index (χ1n) is 8.70. The van der Waals surface area contributed by atoms with Gasteiger partial charge in [0.25, 0.3) is 0 Å². The lowest BCUT2D eigenvalue weighted by molar-refractivity contribution is -0.113. The van der Waals surface area contributed by atoms with E-state index in [2.05, 4.69) is 20.5 Å². The maximum absolute atomic E-state index is 12.3. The Bertz CT molecular complexity index is 941. The lowest BCUT2D eigenvalue weighted by Gasteiger charge is -2.06. The number of amides is 1. The molecular weight excluding hydrogens is 382 g/mol. The Morgan fingerprint density at radius 2 is 2.04 bits per heavy atom. The predicted octanol–water partition coefficient (Wildman–Crippen LogP) is 3.25. The number of thioether (sulfide) groups is 1. The fraction of sp³-hybridized carbons (Fsp3) is 0.333. The van der Waals surface area contributed by atoms with Crippen molar-refractivity contribution in [3.63, 3.8) is 0 Å². The van der Waals surface area contributed by atoms with Crippen LogP contribution in [-0.4, -0.2) is 36.5 Å². The zero-order valence-corrected chi connectivity index (χ0v) is 16.4. The van der Waals surface area contributed by atoms with Gasteiger partial charge in [-0.1, -0.05) is 11.8 Å². The molecule has 9 heteroatoms. The second-order valence-electron chi connectivity index (χ2n) is 6.34. The highest BCUT2D eigenvalue weighted by molar-refractivity contribution is 7.99. The third-order valence-electron chi connectivity index (χ3n) is 4.38. The van der Waals surface area contributed by atoms with Gasteiger partial charge in [0.15, 0.2) is 16.1 Å². The van der Waals surface area contributed by atoms with Crippen LogP contribution in [0.15, 0.2) is 29.4 Å². The minimum Gasteiger partial charge on any atom is -0.508 e. The van der Waals surface area contributed by atoms with Crippen molar-refractivity contribution in [1.82, 2.24) is 19.7 Å². The molecule has 2 heterocycles. The van der Waals surface area contributed by atoms with Crippen LogP contribution in [0.25, 0.3) is 11.4 Å². The number of phenolic OH excluding ortho intramolecular Hbond substituents is 1. The number of carbonyl (C=O) groups excluding carboxylic acids is 1. The second kappa shape index (κ2) is 7.69. The molecule has 0 spiro atoms. The van der Waals surface area contributed by atoms with Crippen LogP contribution in [0.3, 0.4) is 0 Å². The summed E-state index contributed by atoms with van der Waals surface area (Å²) in [7, 11) is 1.86. The van der Waals surface area contributed by atoms with E-state index in [1.807, 2.05) is 11.6 Å². The van der Waals surface area contributed by atoms with Crippen LogP contribution in [0, 0.1) is 0 Å². The third kappa shape index (κ3) is 3.98. The van der Waals surface area contributed by atoms with E-state index in [9.17, 15) is 9.90 Å². The van der Waals surface area contributed by atoms with Crippen LogP contribution in [0.5, 0.6) is 5.75 Å². The number of hydrogen-bond donors (Lipinski definition) is 2. The van der Waals surface area contributed by atoms with Crippen molar-refractivity contribution >= 4 is 34.1 Å². The second-order valence-corrected chi connectivity index (χ2v) is 8.37. The summed E-state index contributed by atoms with van der Waals surface area (Å²) < 4.78 is 1.84. The molecule has 0 saturated carbocycles. The molecule has 1 amide bonds. The summed E-state index contributed by atoms with van der Waals surface area (Å²) in [6.45, 7) is 0. The van der Waals surface area contributed by atoms with Gasteiger partial charge in [0.1, 0.15) is 5.75 Å². The van der Waals surface area contributed by atoms with Crippen molar-refractivity contribution in [1.29, 1.82) is 0 Å². The van der Waals surface area contributed by atoms with Crippen molar-refractivity contribution in [3.8, 4) is 17.1 Å². The summed E-state index contributed by atoms with van der Waals surface area (Å²) in [4.78, 5) is 18.1. The smallest absolute Gasteiger partial charge is 0.236 e. The van der Waals surface area contributed by atoms with Gasteiger partial charge >= 0.3 is 0 Å². The van der Waals surface area contributed by atoms with E-state index in [-0.39, 0.29) is 17.4 Å². The Morgan fingerprint density at radius 3 is 2.81 bits per heavy atom. The summed E-state index contributed by atoms with van der Waals surface area (Å²) in [6.07, 6.45) is 4.45. The first kappa shape index (κ1) is 18.0. The molecule has 1 aromatic carbocycles. The molecule has 4 rings (SSSR count). The van der Waals surface area contributed by atoms with E-state index in [1.54, 1.807) is 35.6 Å². The van der Waals surface area contributed by atoms with Gasteiger partial charge in [-0.05, 0) is 49.9 Å². The zero-order valence-electron chi connectivity index (χ0n) is 14.8. The number of nitrogens with one attached hydrogen (secondary N) is 1. The third-order valence-corrected chi connectivity index (χ3v) is 6.48. The first-order valence-corrected chi connectivity index (χ1v) is 10.5. The highest BCUT2D eigenvalue weighted by atomic mass is 32.2. The first-order chi connectivity index (χ1) is 13.1. The number of aromatic nitrogens is 4. The average molecular weight is 402 g/mol. The molecule has 3 aromatic rings. The highest BCUT2D eigenvalue weighted by Crippen LogP contribution is 2.30. The Kier molecular flexibility index (Phi) is 5.13. The Labute approximate surface area is 164 Å². The summed E-state index contributed by atoms with van der Waals surface area (Å²) in [5.41, 5.74) is 1.99. The number of rotatable bonds is 5. The number of anilines is 1. The maximum atomic E-state index is 12.3. The van der Waals surface area contributed by atoms with Crippen molar-refractivity contribution in [2.24, 2.45) is 7.05 Å². The van der Waals surface area contributed by atoms with Gasteiger partial charge in [-0.3, -0.25) is 4.79 Å². The minimum absolute atomic E-state index is 0.0970. The molecule has 1 aliphatic carbocycles. The van der Waals surface area contributed by atoms with Crippen LogP contribution < -0.4 is 5.32 Å². The number of hydrogen-bond acceptors (Lipinski definition) is 7. The molecule has 0 bridgehead atoms. The molecule has 27 heavy (non-hydrogen) atoms. The summed E-state index contributed by atoms with van der Waals surface area (Å²) in [5, 5.41) is 22.0. The Morgan fingerprint density at radius 1 is 1.26 bits per heavy atom. The normalized spacial score (nSPS) is 13.4. The van der Waals surface area contributed by atoms with Gasteiger partial charge < -0.3 is 15.0 Å². The number of nitrogens with zero attached hydrogens (tertiary/aromatic N) is 4. The summed E-state index contributed by atoms with van der Waals surface area (Å²) in [6, 6.07) is 6.78. The van der Waals surface area contributed by atoms with E-state index in [0.29, 0.717) is 16.1 Å². The zero-order chi connectivity index (χ0) is 18.8. The lowest BCUT2D eigenvalue weighted by Crippen LogP contribution is -2.14. The van der Waals surface area contributed by atoms with Gasteiger partial charge in [-0.2, -0.15) is 0 Å². The molecule has 7 nitrogen and oxygen atoms in total. The van der Waals surface area contributed by atoms with Gasteiger partial charge in [-0.25, -0.2) is 4.98 Å². The largest absolute Gasteiger partial charge is 0.508 e. The Hall–Kier alpha value is -2.39. The SMILES string of the molecule is Cn1c(SCC(=O)Nc2nc3c(s2)CCCC3)nnc1-c1ccc(O)cc1. The molecule has 2 aromatic heterocycles. The van der Waals surface area contributed by atoms with Crippen LogP contribution in [0.1, 0.15) is 23.4 Å². The Balaban J connectivity index is 1.38. The van der Waals surface area contributed by atoms with Crippen molar-refractivity contribution in [2.75, 3.05) is 11.1 Å². The molecule has 2 N–H and O–H groups in total. The number of phenols is 1. The lowest BCUT2D eigenvalue weighted by atomic mass is 10.0. The van der Waals surface area contributed by atoms with E-state index < -0.39 is 0 Å². The molecule has 140 valence electrons. The molecule has 0 saturated heterocycles. The quantitative estimate of drug-likeness (QED) is 0.638. The number of benzene rings is 1. The van der Waals surface area contributed by atoms with Crippen LogP contribution in [-0.2, 0) is 24.7 Å². The van der Waals surface area contributed by atoms with E-state index >= 15 is 0 Å². The molecule has 0 atom stereocenters. The van der Waals surface area contributed by atoms with Crippen molar-refractivity contribution < 1.29 is 9.90 Å². The number of carbonyl (C=O) groups is 1. The summed E-state index contributed by atoms with van der Waals surface area (Å²) in [5.74, 6) is 1.04. The van der Waals surface area contributed by atoms with Crippen molar-refractivity contribution in [3.05, 3.63) is 34.8 Å². The van der Waals surface area contributed by atoms with E-state index in [1.165, 1.54) is 29.5 Å². The number of aromatic hydroxyl groups is 1. The van der Waals surface area contributed by atoms with E-state index in [4.69, 9.17) is 0 Å². The van der Waals surface area contributed by atoms with Gasteiger partial charge in [0, 0.05) is 17.5 Å². The number of thiazole rings is 1. The molecular formula is C18H19N5O2S2. The van der Waals surface area contributed by atoms with Gasteiger partial charge in [0.05, 0.1) is 11.4 Å². The van der Waals surface area contributed by atoms with Gasteiger partial charge in [-0.15, -0.1) is 21.5 Å². The topological polar surface area (TPSA) is 92.9 Å². The van der Waals surface area contributed by atoms with Crippen molar-refractivity contribution in [2.45, 2.75) is 30.8 Å². The van der Waals surface area contributed by atoms with E-state index in [0.717, 1.165) is 24.1 Å². The van der Waals surface area contributed by atoms with Crippen LogP contribution in [0.2, 0.25) is 0 Å².